The molecule has 5 nitrogen and oxygen atoms in total. The van der Waals surface area contributed by atoms with Crippen LogP contribution in [0.2, 0.25) is 0 Å². The Balaban J connectivity index is 2.27. The highest BCUT2D eigenvalue weighted by atomic mass is 32.2. The molecule has 1 heterocycles. The summed E-state index contributed by atoms with van der Waals surface area (Å²) in [6.45, 7) is 5.57. The Bertz CT molecular complexity index is 542. The lowest BCUT2D eigenvalue weighted by Crippen LogP contribution is -2.47. The van der Waals surface area contributed by atoms with Crippen molar-refractivity contribution in [3.05, 3.63) is 24.3 Å². The van der Waals surface area contributed by atoms with Gasteiger partial charge in [-0.3, -0.25) is 4.31 Å². The summed E-state index contributed by atoms with van der Waals surface area (Å²) in [6, 6.07) is 6.96. The Morgan fingerprint density at radius 2 is 2.00 bits per heavy atom. The summed E-state index contributed by atoms with van der Waals surface area (Å²) in [4.78, 5) is 0. The summed E-state index contributed by atoms with van der Waals surface area (Å²) in [6.07, 6.45) is 2.03. The van der Waals surface area contributed by atoms with Crippen LogP contribution in [-0.2, 0) is 10.2 Å². The molecule has 1 aliphatic heterocycles. The van der Waals surface area contributed by atoms with Gasteiger partial charge in [0, 0.05) is 25.3 Å². The maximum atomic E-state index is 12.8. The van der Waals surface area contributed by atoms with Crippen molar-refractivity contribution >= 4 is 21.6 Å². The SMILES string of the molecule is CCN(c1ccc(N)cc1)S(=O)(=O)N1CCCC(C)C1. The number of hydrogen-bond acceptors (Lipinski definition) is 3. The van der Waals surface area contributed by atoms with E-state index in [4.69, 9.17) is 5.73 Å². The molecule has 20 heavy (non-hydrogen) atoms. The molecule has 1 aliphatic rings. The fourth-order valence-corrected chi connectivity index (χ4v) is 4.41. The fourth-order valence-electron chi connectivity index (χ4n) is 2.61. The van der Waals surface area contributed by atoms with Gasteiger partial charge in [-0.15, -0.1) is 0 Å². The molecule has 2 rings (SSSR count). The van der Waals surface area contributed by atoms with Gasteiger partial charge in [0.25, 0.3) is 0 Å². The first-order valence-electron chi connectivity index (χ1n) is 7.08. The first-order valence-corrected chi connectivity index (χ1v) is 8.48. The monoisotopic (exact) mass is 297 g/mol. The standard InChI is InChI=1S/C14H23N3O2S/c1-3-17(14-8-6-13(15)7-9-14)20(18,19)16-10-4-5-12(2)11-16/h6-9,12H,3-5,10-11,15H2,1-2H3. The number of nitrogen functional groups attached to an aromatic ring is 1. The minimum atomic E-state index is -3.45. The Hall–Kier alpha value is -1.27. The van der Waals surface area contributed by atoms with Crippen LogP contribution in [0.1, 0.15) is 26.7 Å². The molecule has 0 amide bonds. The van der Waals surface area contributed by atoms with Crippen molar-refractivity contribution in [2.24, 2.45) is 5.92 Å². The number of rotatable bonds is 4. The summed E-state index contributed by atoms with van der Waals surface area (Å²) < 4.78 is 28.6. The van der Waals surface area contributed by atoms with Crippen molar-refractivity contribution in [2.75, 3.05) is 29.7 Å². The third kappa shape index (κ3) is 3.07. The van der Waals surface area contributed by atoms with E-state index in [1.165, 1.54) is 4.31 Å². The minimum absolute atomic E-state index is 0.414. The molecule has 1 aromatic rings. The lowest BCUT2D eigenvalue weighted by molar-refractivity contribution is 0.280. The van der Waals surface area contributed by atoms with Gasteiger partial charge >= 0.3 is 10.2 Å². The van der Waals surface area contributed by atoms with E-state index >= 15 is 0 Å². The van der Waals surface area contributed by atoms with Crippen LogP contribution in [-0.4, -0.2) is 32.4 Å². The normalized spacial score (nSPS) is 20.8. The zero-order chi connectivity index (χ0) is 14.8. The fraction of sp³-hybridized carbons (Fsp3) is 0.571. The van der Waals surface area contributed by atoms with Crippen LogP contribution in [0.3, 0.4) is 0 Å². The van der Waals surface area contributed by atoms with Crippen molar-refractivity contribution in [3.8, 4) is 0 Å². The van der Waals surface area contributed by atoms with Crippen molar-refractivity contribution in [2.45, 2.75) is 26.7 Å². The van der Waals surface area contributed by atoms with E-state index in [1.54, 1.807) is 28.6 Å². The van der Waals surface area contributed by atoms with E-state index in [2.05, 4.69) is 6.92 Å². The second-order valence-corrected chi connectivity index (χ2v) is 7.22. The molecule has 0 bridgehead atoms. The molecule has 1 fully saturated rings. The van der Waals surface area contributed by atoms with Crippen molar-refractivity contribution in [1.29, 1.82) is 0 Å². The predicted octanol–water partition coefficient (Wildman–Crippen LogP) is 2.07. The predicted molar refractivity (Wildman–Crippen MR) is 82.8 cm³/mol. The molecule has 0 aromatic heterocycles. The van der Waals surface area contributed by atoms with Gasteiger partial charge < -0.3 is 5.73 Å². The highest BCUT2D eigenvalue weighted by Crippen LogP contribution is 2.25. The molecule has 112 valence electrons. The average molecular weight is 297 g/mol. The van der Waals surface area contributed by atoms with Gasteiger partial charge in [0.15, 0.2) is 0 Å². The van der Waals surface area contributed by atoms with E-state index in [1.807, 2.05) is 6.92 Å². The van der Waals surface area contributed by atoms with E-state index in [9.17, 15) is 8.42 Å². The molecule has 1 atom stereocenters. The minimum Gasteiger partial charge on any atom is -0.399 e. The highest BCUT2D eigenvalue weighted by molar-refractivity contribution is 7.90. The Kier molecular flexibility index (Phi) is 4.55. The van der Waals surface area contributed by atoms with Gasteiger partial charge in [-0.2, -0.15) is 12.7 Å². The van der Waals surface area contributed by atoms with Gasteiger partial charge in [-0.05, 0) is 49.9 Å². The number of nitrogens with two attached hydrogens (primary N) is 1. The van der Waals surface area contributed by atoms with E-state index in [0.717, 1.165) is 12.8 Å². The molecular formula is C14H23N3O2S. The van der Waals surface area contributed by atoms with Crippen LogP contribution < -0.4 is 10.0 Å². The van der Waals surface area contributed by atoms with E-state index in [0.29, 0.717) is 36.9 Å². The third-order valence-corrected chi connectivity index (χ3v) is 5.70. The molecule has 2 N–H and O–H groups in total. The number of hydrogen-bond donors (Lipinski definition) is 1. The quantitative estimate of drug-likeness (QED) is 0.865. The molecule has 0 saturated carbocycles. The van der Waals surface area contributed by atoms with Crippen LogP contribution in [0.4, 0.5) is 11.4 Å². The maximum Gasteiger partial charge on any atom is 0.304 e. The Labute approximate surface area is 121 Å². The average Bonchev–Trinajstić information content (AvgIpc) is 2.41. The van der Waals surface area contributed by atoms with Gasteiger partial charge in [0.1, 0.15) is 0 Å². The highest BCUT2D eigenvalue weighted by Gasteiger charge is 2.31. The maximum absolute atomic E-state index is 12.8. The largest absolute Gasteiger partial charge is 0.399 e. The van der Waals surface area contributed by atoms with Crippen LogP contribution in [0, 0.1) is 5.92 Å². The number of benzene rings is 1. The van der Waals surface area contributed by atoms with Crippen LogP contribution in [0.5, 0.6) is 0 Å². The van der Waals surface area contributed by atoms with Crippen LogP contribution >= 0.6 is 0 Å². The summed E-state index contributed by atoms with van der Waals surface area (Å²) >= 11 is 0. The first kappa shape index (κ1) is 15.1. The second-order valence-electron chi connectivity index (χ2n) is 5.37. The van der Waals surface area contributed by atoms with E-state index < -0.39 is 10.2 Å². The van der Waals surface area contributed by atoms with Gasteiger partial charge in [0.2, 0.25) is 0 Å². The molecule has 1 aromatic carbocycles. The Morgan fingerprint density at radius 3 is 2.55 bits per heavy atom. The van der Waals surface area contributed by atoms with Gasteiger partial charge in [-0.1, -0.05) is 6.92 Å². The third-order valence-electron chi connectivity index (χ3n) is 3.69. The summed E-state index contributed by atoms with van der Waals surface area (Å²) in [7, 11) is -3.45. The summed E-state index contributed by atoms with van der Waals surface area (Å²) in [5, 5.41) is 0. The molecule has 0 radical (unpaired) electrons. The zero-order valence-corrected chi connectivity index (χ0v) is 12.9. The van der Waals surface area contributed by atoms with Gasteiger partial charge in [0.05, 0.1) is 5.69 Å². The van der Waals surface area contributed by atoms with E-state index in [-0.39, 0.29) is 0 Å². The summed E-state index contributed by atoms with van der Waals surface area (Å²) in [5.41, 5.74) is 6.96. The van der Waals surface area contributed by atoms with Crippen molar-refractivity contribution < 1.29 is 8.42 Å². The lowest BCUT2D eigenvalue weighted by Gasteiger charge is -2.35. The summed E-state index contributed by atoms with van der Waals surface area (Å²) in [5.74, 6) is 0.420. The molecule has 0 aliphatic carbocycles. The van der Waals surface area contributed by atoms with Gasteiger partial charge in [-0.25, -0.2) is 0 Å². The first-order chi connectivity index (χ1) is 9.45. The van der Waals surface area contributed by atoms with Crippen LogP contribution in [0.15, 0.2) is 24.3 Å². The topological polar surface area (TPSA) is 66.6 Å². The van der Waals surface area contributed by atoms with Crippen molar-refractivity contribution in [1.82, 2.24) is 4.31 Å². The molecular weight excluding hydrogens is 274 g/mol. The second kappa shape index (κ2) is 6.01. The molecule has 1 unspecified atom stereocenters. The smallest absolute Gasteiger partial charge is 0.304 e. The number of nitrogens with zero attached hydrogens (tertiary/aromatic N) is 2. The molecule has 0 spiro atoms. The van der Waals surface area contributed by atoms with Crippen molar-refractivity contribution in [3.63, 3.8) is 0 Å². The zero-order valence-electron chi connectivity index (χ0n) is 12.1. The molecule has 1 saturated heterocycles. The molecule has 6 heteroatoms. The van der Waals surface area contributed by atoms with Crippen LogP contribution in [0.25, 0.3) is 0 Å². The number of anilines is 2. The number of piperidine rings is 1. The lowest BCUT2D eigenvalue weighted by atomic mass is 10.0. The Morgan fingerprint density at radius 1 is 1.35 bits per heavy atom.